The number of imidazole rings is 1. The standard InChI is InChI=1S/C15H10ClN5O2/c16-12-3-2-11(7-18-12)22-9-13-19-15(23-20-13)10-1-4-14-17-5-6-21(14)8-10/h1-8H,9H2. The lowest BCUT2D eigenvalue weighted by molar-refractivity contribution is 0.286. The molecule has 114 valence electrons. The van der Waals surface area contributed by atoms with Gasteiger partial charge < -0.3 is 13.7 Å². The summed E-state index contributed by atoms with van der Waals surface area (Å²) in [4.78, 5) is 12.4. The average molecular weight is 328 g/mol. The van der Waals surface area contributed by atoms with E-state index in [0.29, 0.717) is 22.6 Å². The SMILES string of the molecule is Clc1ccc(OCc2noc(-c3ccc4nccn4c3)n2)cn1. The lowest BCUT2D eigenvalue weighted by Crippen LogP contribution is -1.97. The predicted molar refractivity (Wildman–Crippen MR) is 82.1 cm³/mol. The molecule has 0 N–H and O–H groups in total. The molecular weight excluding hydrogens is 318 g/mol. The Kier molecular flexibility index (Phi) is 3.39. The number of aromatic nitrogens is 5. The second-order valence-electron chi connectivity index (χ2n) is 4.73. The third-order valence-electron chi connectivity index (χ3n) is 3.17. The van der Waals surface area contributed by atoms with E-state index in [0.717, 1.165) is 11.2 Å². The lowest BCUT2D eigenvalue weighted by Gasteiger charge is -2.01. The van der Waals surface area contributed by atoms with E-state index >= 15 is 0 Å². The summed E-state index contributed by atoms with van der Waals surface area (Å²) in [6, 6.07) is 7.14. The van der Waals surface area contributed by atoms with Crippen LogP contribution < -0.4 is 4.74 Å². The number of nitrogens with zero attached hydrogens (tertiary/aromatic N) is 5. The van der Waals surface area contributed by atoms with Crippen LogP contribution in [0.4, 0.5) is 0 Å². The second-order valence-corrected chi connectivity index (χ2v) is 5.12. The Bertz CT molecular complexity index is 948. The summed E-state index contributed by atoms with van der Waals surface area (Å²) in [7, 11) is 0. The van der Waals surface area contributed by atoms with Crippen LogP contribution in [-0.2, 0) is 6.61 Å². The van der Waals surface area contributed by atoms with E-state index in [1.807, 2.05) is 28.9 Å². The maximum atomic E-state index is 5.72. The van der Waals surface area contributed by atoms with Crippen LogP contribution in [0.5, 0.6) is 5.75 Å². The van der Waals surface area contributed by atoms with Crippen molar-refractivity contribution in [3.63, 3.8) is 0 Å². The Morgan fingerprint density at radius 3 is 3.00 bits per heavy atom. The van der Waals surface area contributed by atoms with Crippen molar-refractivity contribution in [2.45, 2.75) is 6.61 Å². The molecular formula is C15H10ClN5O2. The molecule has 4 aromatic heterocycles. The monoisotopic (exact) mass is 327 g/mol. The maximum absolute atomic E-state index is 5.72. The summed E-state index contributed by atoms with van der Waals surface area (Å²) in [5, 5.41) is 4.32. The predicted octanol–water partition coefficient (Wildman–Crippen LogP) is 3.01. The normalized spacial score (nSPS) is 11.0. The Morgan fingerprint density at radius 1 is 1.17 bits per heavy atom. The number of ether oxygens (including phenoxy) is 1. The van der Waals surface area contributed by atoms with Gasteiger partial charge in [0.15, 0.2) is 6.61 Å². The Balaban J connectivity index is 1.50. The van der Waals surface area contributed by atoms with Gasteiger partial charge in [0.25, 0.3) is 5.89 Å². The molecule has 7 nitrogen and oxygen atoms in total. The molecule has 0 bridgehead atoms. The Morgan fingerprint density at radius 2 is 2.13 bits per heavy atom. The van der Waals surface area contributed by atoms with E-state index < -0.39 is 0 Å². The van der Waals surface area contributed by atoms with E-state index in [1.165, 1.54) is 6.20 Å². The van der Waals surface area contributed by atoms with Crippen molar-refractivity contribution < 1.29 is 9.26 Å². The molecule has 8 heteroatoms. The van der Waals surface area contributed by atoms with Gasteiger partial charge in [-0.05, 0) is 24.3 Å². The van der Waals surface area contributed by atoms with Crippen LogP contribution >= 0.6 is 11.6 Å². The second kappa shape index (κ2) is 5.69. The molecule has 0 fully saturated rings. The molecule has 4 rings (SSSR count). The van der Waals surface area contributed by atoms with E-state index in [4.69, 9.17) is 20.9 Å². The van der Waals surface area contributed by atoms with Gasteiger partial charge in [-0.3, -0.25) is 0 Å². The fourth-order valence-corrected chi connectivity index (χ4v) is 2.18. The quantitative estimate of drug-likeness (QED) is 0.536. The fourth-order valence-electron chi connectivity index (χ4n) is 2.07. The van der Waals surface area contributed by atoms with Crippen LogP contribution in [0, 0.1) is 0 Å². The summed E-state index contributed by atoms with van der Waals surface area (Å²) >= 11 is 5.72. The van der Waals surface area contributed by atoms with Crippen molar-refractivity contribution in [2.24, 2.45) is 0 Å². The van der Waals surface area contributed by atoms with Gasteiger partial charge in [-0.2, -0.15) is 4.98 Å². The van der Waals surface area contributed by atoms with Gasteiger partial charge in [0.2, 0.25) is 5.82 Å². The molecule has 0 unspecified atom stereocenters. The van der Waals surface area contributed by atoms with Gasteiger partial charge in [-0.15, -0.1) is 0 Å². The van der Waals surface area contributed by atoms with Crippen LogP contribution in [0.25, 0.3) is 17.1 Å². The van der Waals surface area contributed by atoms with Crippen molar-refractivity contribution >= 4 is 17.2 Å². The van der Waals surface area contributed by atoms with Crippen LogP contribution in [0.15, 0.2) is 53.6 Å². The third-order valence-corrected chi connectivity index (χ3v) is 3.40. The summed E-state index contributed by atoms with van der Waals surface area (Å²) in [5.41, 5.74) is 1.66. The zero-order chi connectivity index (χ0) is 15.6. The molecule has 0 amide bonds. The zero-order valence-corrected chi connectivity index (χ0v) is 12.5. The summed E-state index contributed by atoms with van der Waals surface area (Å²) in [6.07, 6.45) is 7.00. The molecule has 4 aromatic rings. The molecule has 0 saturated heterocycles. The molecule has 0 spiro atoms. The third kappa shape index (κ3) is 2.86. The van der Waals surface area contributed by atoms with Crippen LogP contribution in [0.2, 0.25) is 5.15 Å². The molecule has 0 radical (unpaired) electrons. The van der Waals surface area contributed by atoms with Gasteiger partial charge >= 0.3 is 0 Å². The molecule has 4 heterocycles. The number of fused-ring (bicyclic) bond motifs is 1. The first-order chi connectivity index (χ1) is 11.3. The number of pyridine rings is 2. The average Bonchev–Trinajstić information content (AvgIpc) is 3.22. The highest BCUT2D eigenvalue weighted by molar-refractivity contribution is 6.29. The molecule has 0 aliphatic rings. The molecule has 0 saturated carbocycles. The molecule has 0 aromatic carbocycles. The summed E-state index contributed by atoms with van der Waals surface area (Å²) < 4.78 is 12.7. The van der Waals surface area contributed by atoms with Crippen molar-refractivity contribution in [3.05, 3.63) is 60.0 Å². The van der Waals surface area contributed by atoms with E-state index in [9.17, 15) is 0 Å². The van der Waals surface area contributed by atoms with Gasteiger partial charge in [0.1, 0.15) is 16.5 Å². The molecule has 0 aliphatic carbocycles. The highest BCUT2D eigenvalue weighted by Crippen LogP contribution is 2.19. The fraction of sp³-hybridized carbons (Fsp3) is 0.0667. The summed E-state index contributed by atoms with van der Waals surface area (Å²) in [6.45, 7) is 0.181. The lowest BCUT2D eigenvalue weighted by atomic mass is 10.3. The van der Waals surface area contributed by atoms with Crippen LogP contribution in [0.1, 0.15) is 5.82 Å². The summed E-state index contributed by atoms with van der Waals surface area (Å²) in [5.74, 6) is 1.45. The molecule has 0 aliphatic heterocycles. The smallest absolute Gasteiger partial charge is 0.259 e. The number of halogens is 1. The van der Waals surface area contributed by atoms with Crippen molar-refractivity contribution in [1.29, 1.82) is 0 Å². The minimum absolute atomic E-state index is 0.181. The highest BCUT2D eigenvalue weighted by atomic mass is 35.5. The van der Waals surface area contributed by atoms with Gasteiger partial charge in [-0.1, -0.05) is 16.8 Å². The minimum Gasteiger partial charge on any atom is -0.484 e. The van der Waals surface area contributed by atoms with E-state index in [-0.39, 0.29) is 6.61 Å². The largest absolute Gasteiger partial charge is 0.484 e. The Labute approximate surface area is 135 Å². The first-order valence-corrected chi connectivity index (χ1v) is 7.16. The van der Waals surface area contributed by atoms with Crippen LogP contribution in [0.3, 0.4) is 0 Å². The highest BCUT2D eigenvalue weighted by Gasteiger charge is 2.10. The van der Waals surface area contributed by atoms with E-state index in [1.54, 1.807) is 18.3 Å². The maximum Gasteiger partial charge on any atom is 0.259 e. The number of hydrogen-bond acceptors (Lipinski definition) is 6. The minimum atomic E-state index is 0.181. The van der Waals surface area contributed by atoms with Crippen molar-refractivity contribution in [3.8, 4) is 17.2 Å². The molecule has 0 atom stereocenters. The van der Waals surface area contributed by atoms with Gasteiger partial charge in [-0.25, -0.2) is 9.97 Å². The first kappa shape index (κ1) is 13.7. The van der Waals surface area contributed by atoms with E-state index in [2.05, 4.69) is 20.1 Å². The zero-order valence-electron chi connectivity index (χ0n) is 11.8. The molecule has 23 heavy (non-hydrogen) atoms. The van der Waals surface area contributed by atoms with Gasteiger partial charge in [0, 0.05) is 18.6 Å². The number of rotatable bonds is 4. The Hall–Kier alpha value is -2.93. The van der Waals surface area contributed by atoms with Gasteiger partial charge in [0.05, 0.1) is 11.8 Å². The van der Waals surface area contributed by atoms with Crippen molar-refractivity contribution in [2.75, 3.05) is 0 Å². The van der Waals surface area contributed by atoms with Crippen molar-refractivity contribution in [1.82, 2.24) is 24.5 Å². The number of hydrogen-bond donors (Lipinski definition) is 0. The van der Waals surface area contributed by atoms with Crippen LogP contribution in [-0.4, -0.2) is 24.5 Å². The first-order valence-electron chi connectivity index (χ1n) is 6.78. The topological polar surface area (TPSA) is 78.3 Å².